The van der Waals surface area contributed by atoms with Gasteiger partial charge in [-0.15, -0.1) is 10.2 Å². The Morgan fingerprint density at radius 3 is 2.81 bits per heavy atom. The average molecular weight is 306 g/mol. The zero-order valence-electron chi connectivity index (χ0n) is 11.5. The van der Waals surface area contributed by atoms with Crippen LogP contribution in [0.3, 0.4) is 0 Å². The summed E-state index contributed by atoms with van der Waals surface area (Å²) in [4.78, 5) is 11.8. The van der Waals surface area contributed by atoms with Gasteiger partial charge in [0.1, 0.15) is 5.51 Å². The lowest BCUT2D eigenvalue weighted by Crippen LogP contribution is -2.31. The van der Waals surface area contributed by atoms with Crippen LogP contribution < -0.4 is 10.6 Å². The van der Waals surface area contributed by atoms with Gasteiger partial charge in [0.05, 0.1) is 6.54 Å². The van der Waals surface area contributed by atoms with E-state index in [0.29, 0.717) is 11.6 Å². The standard InChI is InChI=1S/C14H18N4O2S/c19-8-4-7-12(11-5-2-1-3-6-11)15-9-13(20)17-14-18-16-10-21-14/h1-3,5-6,10,12,15,19H,4,7-9H2,(H,17,18,20). The fourth-order valence-electron chi connectivity index (χ4n) is 1.97. The predicted octanol–water partition coefficient (Wildman–Crippen LogP) is 1.58. The van der Waals surface area contributed by atoms with Gasteiger partial charge in [-0.05, 0) is 18.4 Å². The van der Waals surface area contributed by atoms with Gasteiger partial charge in [-0.1, -0.05) is 41.7 Å². The molecule has 0 bridgehead atoms. The number of hydrogen-bond donors (Lipinski definition) is 3. The van der Waals surface area contributed by atoms with E-state index in [2.05, 4.69) is 20.8 Å². The van der Waals surface area contributed by atoms with Crippen LogP contribution >= 0.6 is 11.3 Å². The minimum atomic E-state index is -0.156. The summed E-state index contributed by atoms with van der Waals surface area (Å²) in [6, 6.07) is 9.94. The SMILES string of the molecule is O=C(CNC(CCCO)c1ccccc1)Nc1nncs1. The third-order valence-corrected chi connectivity index (χ3v) is 3.57. The van der Waals surface area contributed by atoms with Crippen LogP contribution in [0.2, 0.25) is 0 Å². The zero-order chi connectivity index (χ0) is 14.9. The molecular formula is C14H18N4O2S. The van der Waals surface area contributed by atoms with Gasteiger partial charge in [-0.2, -0.15) is 0 Å². The van der Waals surface area contributed by atoms with Crippen molar-refractivity contribution in [3.8, 4) is 0 Å². The molecule has 1 heterocycles. The van der Waals surface area contributed by atoms with Crippen LogP contribution in [-0.2, 0) is 4.79 Å². The van der Waals surface area contributed by atoms with E-state index in [1.54, 1.807) is 5.51 Å². The van der Waals surface area contributed by atoms with E-state index in [9.17, 15) is 4.79 Å². The lowest BCUT2D eigenvalue weighted by molar-refractivity contribution is -0.115. The molecule has 0 spiro atoms. The summed E-state index contributed by atoms with van der Waals surface area (Å²) in [5.41, 5.74) is 2.67. The van der Waals surface area contributed by atoms with Crippen molar-refractivity contribution in [3.63, 3.8) is 0 Å². The van der Waals surface area contributed by atoms with Gasteiger partial charge >= 0.3 is 0 Å². The molecule has 0 aliphatic carbocycles. The number of benzene rings is 1. The Morgan fingerprint density at radius 2 is 2.14 bits per heavy atom. The van der Waals surface area contributed by atoms with E-state index in [1.807, 2.05) is 30.3 Å². The van der Waals surface area contributed by atoms with Crippen molar-refractivity contribution in [1.29, 1.82) is 0 Å². The topological polar surface area (TPSA) is 87.1 Å². The van der Waals surface area contributed by atoms with Crippen molar-refractivity contribution in [2.75, 3.05) is 18.5 Å². The number of hydrogen-bond acceptors (Lipinski definition) is 6. The van der Waals surface area contributed by atoms with Gasteiger partial charge in [0.2, 0.25) is 11.0 Å². The number of rotatable bonds is 8. The van der Waals surface area contributed by atoms with Crippen LogP contribution in [0.1, 0.15) is 24.4 Å². The summed E-state index contributed by atoms with van der Waals surface area (Å²) in [7, 11) is 0. The van der Waals surface area contributed by atoms with Crippen LogP contribution in [-0.4, -0.2) is 34.4 Å². The van der Waals surface area contributed by atoms with Crippen molar-refractivity contribution in [1.82, 2.24) is 15.5 Å². The number of aliphatic hydroxyl groups excluding tert-OH is 1. The molecule has 7 heteroatoms. The maximum Gasteiger partial charge on any atom is 0.240 e. The molecule has 0 saturated carbocycles. The second kappa shape index (κ2) is 8.46. The Hall–Kier alpha value is -1.83. The summed E-state index contributed by atoms with van der Waals surface area (Å²) in [5.74, 6) is -0.156. The quantitative estimate of drug-likeness (QED) is 0.689. The second-order valence-corrected chi connectivity index (χ2v) is 5.34. The third-order valence-electron chi connectivity index (χ3n) is 2.97. The van der Waals surface area contributed by atoms with Crippen LogP contribution in [0, 0.1) is 0 Å². The van der Waals surface area contributed by atoms with E-state index < -0.39 is 0 Å². The molecule has 0 aliphatic heterocycles. The highest BCUT2D eigenvalue weighted by Crippen LogP contribution is 2.17. The number of carbonyl (C=O) groups excluding carboxylic acids is 1. The largest absolute Gasteiger partial charge is 0.396 e. The second-order valence-electron chi connectivity index (χ2n) is 4.50. The first-order valence-corrected chi connectivity index (χ1v) is 7.63. The molecule has 0 fully saturated rings. The van der Waals surface area contributed by atoms with Gasteiger partial charge < -0.3 is 10.4 Å². The number of anilines is 1. The maximum absolute atomic E-state index is 11.8. The molecule has 6 nitrogen and oxygen atoms in total. The highest BCUT2D eigenvalue weighted by atomic mass is 32.1. The Morgan fingerprint density at radius 1 is 1.33 bits per heavy atom. The molecule has 1 unspecified atom stereocenters. The number of aromatic nitrogens is 2. The van der Waals surface area contributed by atoms with Gasteiger partial charge in [0.15, 0.2) is 0 Å². The summed E-state index contributed by atoms with van der Waals surface area (Å²) < 4.78 is 0. The molecular weight excluding hydrogens is 288 g/mol. The van der Waals surface area contributed by atoms with E-state index in [0.717, 1.165) is 12.0 Å². The fourth-order valence-corrected chi connectivity index (χ4v) is 2.44. The van der Waals surface area contributed by atoms with Crippen LogP contribution in [0.25, 0.3) is 0 Å². The molecule has 0 saturated heterocycles. The van der Waals surface area contributed by atoms with Crippen molar-refractivity contribution >= 4 is 22.4 Å². The van der Waals surface area contributed by atoms with Crippen molar-refractivity contribution in [2.45, 2.75) is 18.9 Å². The van der Waals surface area contributed by atoms with Gasteiger partial charge in [-0.25, -0.2) is 0 Å². The monoisotopic (exact) mass is 306 g/mol. The third kappa shape index (κ3) is 5.22. The summed E-state index contributed by atoms with van der Waals surface area (Å²) in [6.07, 6.45) is 1.46. The van der Waals surface area contributed by atoms with E-state index >= 15 is 0 Å². The molecule has 2 rings (SSSR count). The molecule has 0 aliphatic rings. The van der Waals surface area contributed by atoms with Crippen LogP contribution in [0.4, 0.5) is 5.13 Å². The first-order chi connectivity index (χ1) is 10.3. The molecule has 1 aromatic carbocycles. The van der Waals surface area contributed by atoms with Crippen LogP contribution in [0.5, 0.6) is 0 Å². The van der Waals surface area contributed by atoms with E-state index in [-0.39, 0.29) is 25.1 Å². The van der Waals surface area contributed by atoms with Gasteiger partial charge in [0, 0.05) is 12.6 Å². The number of carbonyl (C=O) groups is 1. The Balaban J connectivity index is 1.88. The minimum Gasteiger partial charge on any atom is -0.396 e. The minimum absolute atomic E-state index is 0.0403. The van der Waals surface area contributed by atoms with Crippen LogP contribution in [0.15, 0.2) is 35.8 Å². The number of amides is 1. The first-order valence-electron chi connectivity index (χ1n) is 6.75. The van der Waals surface area contributed by atoms with Crippen molar-refractivity contribution < 1.29 is 9.90 Å². The Kier molecular flexibility index (Phi) is 6.26. The molecule has 3 N–H and O–H groups in total. The average Bonchev–Trinajstić information content (AvgIpc) is 3.01. The predicted molar refractivity (Wildman–Crippen MR) is 82.0 cm³/mol. The molecule has 1 atom stereocenters. The van der Waals surface area contributed by atoms with Crippen molar-refractivity contribution in [2.24, 2.45) is 0 Å². The van der Waals surface area contributed by atoms with Gasteiger partial charge in [-0.3, -0.25) is 10.1 Å². The fraction of sp³-hybridized carbons (Fsp3) is 0.357. The Bertz CT molecular complexity index is 533. The maximum atomic E-state index is 11.8. The Labute approximate surface area is 127 Å². The number of nitrogens with zero attached hydrogens (tertiary/aromatic N) is 2. The summed E-state index contributed by atoms with van der Waals surface area (Å²) in [6.45, 7) is 0.326. The molecule has 112 valence electrons. The molecule has 2 aromatic rings. The summed E-state index contributed by atoms with van der Waals surface area (Å²) >= 11 is 1.28. The smallest absolute Gasteiger partial charge is 0.240 e. The molecule has 0 radical (unpaired) electrons. The zero-order valence-corrected chi connectivity index (χ0v) is 12.3. The summed E-state index contributed by atoms with van der Waals surface area (Å²) in [5, 5.41) is 22.8. The highest BCUT2D eigenvalue weighted by molar-refractivity contribution is 7.13. The van der Waals surface area contributed by atoms with E-state index in [1.165, 1.54) is 11.3 Å². The van der Waals surface area contributed by atoms with Gasteiger partial charge in [0.25, 0.3) is 0 Å². The number of aliphatic hydroxyl groups is 1. The first kappa shape index (κ1) is 15.6. The number of nitrogens with one attached hydrogen (secondary N) is 2. The molecule has 1 aromatic heterocycles. The lowest BCUT2D eigenvalue weighted by Gasteiger charge is -2.18. The van der Waals surface area contributed by atoms with Crippen molar-refractivity contribution in [3.05, 3.63) is 41.4 Å². The highest BCUT2D eigenvalue weighted by Gasteiger charge is 2.12. The normalized spacial score (nSPS) is 12.0. The molecule has 21 heavy (non-hydrogen) atoms. The lowest BCUT2D eigenvalue weighted by atomic mass is 10.0. The van der Waals surface area contributed by atoms with E-state index in [4.69, 9.17) is 5.11 Å². The molecule has 1 amide bonds.